The number of anilines is 2. The zero-order chi connectivity index (χ0) is 11.5. The molecule has 2 rings (SSSR count). The van der Waals surface area contributed by atoms with Crippen molar-refractivity contribution in [2.24, 2.45) is 0 Å². The smallest absolute Gasteiger partial charge is 0.224 e. The molecule has 1 aliphatic carbocycles. The van der Waals surface area contributed by atoms with Gasteiger partial charge in [-0.15, -0.1) is 0 Å². The second-order valence-electron chi connectivity index (χ2n) is 3.91. The number of nitrogens with one attached hydrogen (secondary N) is 1. The molecule has 1 N–H and O–H groups in total. The molecule has 16 heavy (non-hydrogen) atoms. The Balaban J connectivity index is 2.25. The van der Waals surface area contributed by atoms with Gasteiger partial charge < -0.3 is 10.2 Å². The quantitative estimate of drug-likeness (QED) is 0.903. The lowest BCUT2D eigenvalue weighted by molar-refractivity contribution is 0.802. The van der Waals surface area contributed by atoms with Gasteiger partial charge in [-0.1, -0.05) is 0 Å². The van der Waals surface area contributed by atoms with E-state index in [-0.39, 0.29) is 0 Å². The van der Waals surface area contributed by atoms with Gasteiger partial charge in [0.1, 0.15) is 5.82 Å². The van der Waals surface area contributed by atoms with Crippen molar-refractivity contribution < 1.29 is 0 Å². The molecular weight excluding hydrogens is 268 g/mol. The second-order valence-corrected chi connectivity index (χ2v) is 4.77. The van der Waals surface area contributed by atoms with Gasteiger partial charge in [-0.3, -0.25) is 0 Å². The summed E-state index contributed by atoms with van der Waals surface area (Å²) >= 11 is 3.52. The highest BCUT2D eigenvalue weighted by Crippen LogP contribution is 2.34. The number of nitrogens with zero attached hydrogens (tertiary/aromatic N) is 3. The first-order valence-electron chi connectivity index (χ1n) is 5.79. The van der Waals surface area contributed by atoms with Crippen molar-refractivity contribution in [1.29, 1.82) is 0 Å². The van der Waals surface area contributed by atoms with E-state index in [1.807, 2.05) is 13.1 Å². The van der Waals surface area contributed by atoms with Crippen LogP contribution in [0.25, 0.3) is 0 Å². The fourth-order valence-corrected chi connectivity index (χ4v) is 2.19. The standard InChI is InChI=1S/C11H17BrN4/c1-3-13-11-14-7-9(12)10(15-11)16(4-2)8-5-6-8/h7-8H,3-6H2,1-2H3,(H,13,14,15). The van der Waals surface area contributed by atoms with Crippen LogP contribution in [-0.4, -0.2) is 29.1 Å². The van der Waals surface area contributed by atoms with E-state index in [4.69, 9.17) is 0 Å². The van der Waals surface area contributed by atoms with Crippen molar-refractivity contribution in [2.45, 2.75) is 32.7 Å². The first kappa shape index (κ1) is 11.6. The Morgan fingerprint density at radius 2 is 2.25 bits per heavy atom. The van der Waals surface area contributed by atoms with Crippen LogP contribution in [-0.2, 0) is 0 Å². The molecule has 5 heteroatoms. The van der Waals surface area contributed by atoms with Crippen LogP contribution in [0.3, 0.4) is 0 Å². The molecule has 0 unspecified atom stereocenters. The summed E-state index contributed by atoms with van der Waals surface area (Å²) in [6.07, 6.45) is 4.38. The van der Waals surface area contributed by atoms with Gasteiger partial charge in [0.2, 0.25) is 5.95 Å². The Morgan fingerprint density at radius 3 is 2.81 bits per heavy atom. The Hall–Kier alpha value is -0.840. The Kier molecular flexibility index (Phi) is 3.63. The molecule has 0 aliphatic heterocycles. The zero-order valence-electron chi connectivity index (χ0n) is 9.70. The normalized spacial score (nSPS) is 14.9. The highest BCUT2D eigenvalue weighted by atomic mass is 79.9. The number of hydrogen-bond acceptors (Lipinski definition) is 4. The molecule has 1 saturated carbocycles. The summed E-state index contributed by atoms with van der Waals surface area (Å²) in [5.41, 5.74) is 0. The second kappa shape index (κ2) is 4.99. The van der Waals surface area contributed by atoms with Crippen LogP contribution in [0.2, 0.25) is 0 Å². The Morgan fingerprint density at radius 1 is 1.50 bits per heavy atom. The van der Waals surface area contributed by atoms with E-state index in [2.05, 4.69) is 43.0 Å². The molecule has 0 radical (unpaired) electrons. The lowest BCUT2D eigenvalue weighted by atomic mass is 10.4. The third kappa shape index (κ3) is 2.45. The van der Waals surface area contributed by atoms with Crippen LogP contribution >= 0.6 is 15.9 Å². The predicted octanol–water partition coefficient (Wildman–Crippen LogP) is 2.66. The van der Waals surface area contributed by atoms with E-state index in [0.29, 0.717) is 12.0 Å². The molecule has 4 nitrogen and oxygen atoms in total. The fourth-order valence-electron chi connectivity index (χ4n) is 1.77. The molecule has 1 fully saturated rings. The minimum atomic E-state index is 0.672. The van der Waals surface area contributed by atoms with Crippen molar-refractivity contribution in [2.75, 3.05) is 23.3 Å². The van der Waals surface area contributed by atoms with Gasteiger partial charge in [0.05, 0.1) is 4.47 Å². The van der Waals surface area contributed by atoms with Crippen LogP contribution in [0, 0.1) is 0 Å². The number of rotatable bonds is 5. The molecule has 0 bridgehead atoms. The summed E-state index contributed by atoms with van der Waals surface area (Å²) in [4.78, 5) is 11.1. The summed E-state index contributed by atoms with van der Waals surface area (Å²) in [5, 5.41) is 3.14. The molecule has 1 heterocycles. The van der Waals surface area contributed by atoms with E-state index in [1.54, 1.807) is 0 Å². The maximum absolute atomic E-state index is 4.55. The SMILES string of the molecule is CCNc1ncc(Br)c(N(CC)C2CC2)n1. The van der Waals surface area contributed by atoms with E-state index >= 15 is 0 Å². The minimum absolute atomic E-state index is 0.672. The summed E-state index contributed by atoms with van der Waals surface area (Å²) in [6.45, 7) is 6.05. The Bertz CT molecular complexity index is 365. The van der Waals surface area contributed by atoms with Crippen molar-refractivity contribution in [3.63, 3.8) is 0 Å². The number of hydrogen-bond donors (Lipinski definition) is 1. The summed E-state index contributed by atoms with van der Waals surface area (Å²) in [5.74, 6) is 1.72. The number of aromatic nitrogens is 2. The first-order chi connectivity index (χ1) is 7.76. The molecule has 1 aromatic heterocycles. The largest absolute Gasteiger partial charge is 0.354 e. The van der Waals surface area contributed by atoms with Gasteiger partial charge in [-0.05, 0) is 42.6 Å². The van der Waals surface area contributed by atoms with E-state index in [0.717, 1.165) is 23.4 Å². The average molecular weight is 285 g/mol. The molecule has 0 amide bonds. The third-order valence-corrected chi connectivity index (χ3v) is 3.22. The lowest BCUT2D eigenvalue weighted by Crippen LogP contribution is -2.26. The van der Waals surface area contributed by atoms with E-state index < -0.39 is 0 Å². The molecule has 1 aromatic rings. The first-order valence-corrected chi connectivity index (χ1v) is 6.58. The maximum atomic E-state index is 4.55. The van der Waals surface area contributed by atoms with Crippen LogP contribution in [0.1, 0.15) is 26.7 Å². The molecule has 1 aliphatic rings. The zero-order valence-corrected chi connectivity index (χ0v) is 11.3. The number of halogens is 1. The molecule has 0 atom stereocenters. The summed E-state index contributed by atoms with van der Waals surface area (Å²) in [7, 11) is 0. The van der Waals surface area contributed by atoms with Crippen LogP contribution in [0.15, 0.2) is 10.7 Å². The molecule has 0 saturated heterocycles. The van der Waals surface area contributed by atoms with Crippen molar-refractivity contribution >= 4 is 27.7 Å². The van der Waals surface area contributed by atoms with Crippen molar-refractivity contribution in [1.82, 2.24) is 9.97 Å². The van der Waals surface area contributed by atoms with E-state index in [1.165, 1.54) is 12.8 Å². The lowest BCUT2D eigenvalue weighted by Gasteiger charge is -2.22. The van der Waals surface area contributed by atoms with Crippen LogP contribution in [0.5, 0.6) is 0 Å². The van der Waals surface area contributed by atoms with Gasteiger partial charge in [0.15, 0.2) is 0 Å². The molecule has 0 spiro atoms. The molecular formula is C11H17BrN4. The average Bonchev–Trinajstić information content (AvgIpc) is 3.08. The van der Waals surface area contributed by atoms with Crippen LogP contribution < -0.4 is 10.2 Å². The predicted molar refractivity (Wildman–Crippen MR) is 69.9 cm³/mol. The Labute approximate surface area is 105 Å². The van der Waals surface area contributed by atoms with Gasteiger partial charge >= 0.3 is 0 Å². The van der Waals surface area contributed by atoms with E-state index in [9.17, 15) is 0 Å². The van der Waals surface area contributed by atoms with Gasteiger partial charge in [0.25, 0.3) is 0 Å². The maximum Gasteiger partial charge on any atom is 0.224 e. The van der Waals surface area contributed by atoms with Gasteiger partial charge in [-0.25, -0.2) is 4.98 Å². The highest BCUT2D eigenvalue weighted by Gasteiger charge is 2.30. The minimum Gasteiger partial charge on any atom is -0.354 e. The molecule has 88 valence electrons. The monoisotopic (exact) mass is 284 g/mol. The highest BCUT2D eigenvalue weighted by molar-refractivity contribution is 9.10. The van der Waals surface area contributed by atoms with Crippen molar-refractivity contribution in [3.05, 3.63) is 10.7 Å². The van der Waals surface area contributed by atoms with Gasteiger partial charge in [0, 0.05) is 25.3 Å². The molecule has 0 aromatic carbocycles. The van der Waals surface area contributed by atoms with Gasteiger partial charge in [-0.2, -0.15) is 4.98 Å². The summed E-state index contributed by atoms with van der Waals surface area (Å²) < 4.78 is 0.975. The van der Waals surface area contributed by atoms with Crippen LogP contribution in [0.4, 0.5) is 11.8 Å². The fraction of sp³-hybridized carbons (Fsp3) is 0.636. The summed E-state index contributed by atoms with van der Waals surface area (Å²) in [6, 6.07) is 0.672. The topological polar surface area (TPSA) is 41.1 Å². The van der Waals surface area contributed by atoms with Crippen molar-refractivity contribution in [3.8, 4) is 0 Å². The third-order valence-electron chi connectivity index (χ3n) is 2.66.